The van der Waals surface area contributed by atoms with Gasteiger partial charge in [-0.3, -0.25) is 9.59 Å². The largest absolute Gasteiger partial charge is 0.457 e. The van der Waals surface area contributed by atoms with Crippen LogP contribution in [-0.4, -0.2) is 52.0 Å². The maximum Gasteiger partial charge on any atom is 0.303 e. The predicted octanol–water partition coefficient (Wildman–Crippen LogP) is 5.07. The van der Waals surface area contributed by atoms with E-state index in [2.05, 4.69) is 34.6 Å². The van der Waals surface area contributed by atoms with Crippen molar-refractivity contribution in [1.82, 2.24) is 0 Å². The highest BCUT2D eigenvalue weighted by atomic mass is 16.6. The summed E-state index contributed by atoms with van der Waals surface area (Å²) in [6, 6.07) is 0. The van der Waals surface area contributed by atoms with Crippen molar-refractivity contribution >= 4 is 11.8 Å². The molecular weight excluding hydrogens is 480 g/mol. The lowest BCUT2D eigenvalue weighted by Gasteiger charge is -2.62. The summed E-state index contributed by atoms with van der Waals surface area (Å²) in [6.07, 6.45) is 6.13. The van der Waals surface area contributed by atoms with Gasteiger partial charge in [0, 0.05) is 18.3 Å². The molecule has 0 aromatic carbocycles. The van der Waals surface area contributed by atoms with E-state index in [4.69, 9.17) is 9.47 Å². The standard InChI is InChI=1S/C32H50O6/c1-17-15-19(26(28(5,6)36)37-18(2)33)38-24-23(17)29(7)13-14-32-16-31(32)12-11-22(34)27(3,4)20(31)9-10-21(32)30(29,8)25(24)35/h17,19-24,26,34,36H,9-16H2,1-8H3. The Morgan fingerprint density at radius 2 is 1.68 bits per heavy atom. The summed E-state index contributed by atoms with van der Waals surface area (Å²) >= 11 is 0. The molecule has 38 heavy (non-hydrogen) atoms. The van der Waals surface area contributed by atoms with Crippen LogP contribution in [0.5, 0.6) is 0 Å². The van der Waals surface area contributed by atoms with E-state index < -0.39 is 35.3 Å². The Hall–Kier alpha value is -0.980. The van der Waals surface area contributed by atoms with Crippen LogP contribution >= 0.6 is 0 Å². The number of Topliss-reactive ketones (excluding diaryl/α,β-unsaturated/α-hetero) is 1. The molecule has 6 heteroatoms. The minimum absolute atomic E-state index is 0.0737. The van der Waals surface area contributed by atoms with E-state index in [1.807, 2.05) is 0 Å². The molecule has 5 saturated carbocycles. The molecule has 6 fully saturated rings. The van der Waals surface area contributed by atoms with Gasteiger partial charge in [-0.1, -0.05) is 34.6 Å². The molecule has 1 saturated heterocycles. The first kappa shape index (κ1) is 27.2. The number of fused-ring (bicyclic) bond motifs is 4. The molecule has 6 nitrogen and oxygen atoms in total. The van der Waals surface area contributed by atoms with E-state index in [1.165, 1.54) is 19.8 Å². The number of ketones is 1. The highest BCUT2D eigenvalue weighted by Gasteiger charge is 2.84. The van der Waals surface area contributed by atoms with Gasteiger partial charge in [-0.2, -0.15) is 0 Å². The van der Waals surface area contributed by atoms with Crippen LogP contribution in [0.25, 0.3) is 0 Å². The van der Waals surface area contributed by atoms with Gasteiger partial charge < -0.3 is 19.7 Å². The van der Waals surface area contributed by atoms with Crippen LogP contribution in [-0.2, 0) is 19.1 Å². The maximum atomic E-state index is 14.7. The van der Waals surface area contributed by atoms with Gasteiger partial charge >= 0.3 is 5.97 Å². The zero-order valence-corrected chi connectivity index (χ0v) is 24.8. The SMILES string of the molecule is CC(=O)OC(C1CC(C)C2C(O1)C(=O)C1(C)C3CCC4C(C)(C)C(O)CCC45CC35CCC21C)C(C)(C)O. The molecule has 0 amide bonds. The van der Waals surface area contributed by atoms with Crippen LogP contribution < -0.4 is 0 Å². The molecule has 0 radical (unpaired) electrons. The van der Waals surface area contributed by atoms with Crippen molar-refractivity contribution in [2.24, 2.45) is 50.7 Å². The van der Waals surface area contributed by atoms with Gasteiger partial charge in [0.15, 0.2) is 11.9 Å². The second kappa shape index (κ2) is 7.85. The fourth-order valence-corrected chi connectivity index (χ4v) is 12.1. The Bertz CT molecular complexity index is 1050. The average Bonchev–Trinajstić information content (AvgIpc) is 3.44. The summed E-state index contributed by atoms with van der Waals surface area (Å²) < 4.78 is 12.3. The molecule has 0 aromatic rings. The second-order valence-electron chi connectivity index (χ2n) is 16.0. The molecule has 2 N–H and O–H groups in total. The summed E-state index contributed by atoms with van der Waals surface area (Å²) in [5.74, 6) is 1.03. The Labute approximate surface area is 228 Å². The molecule has 0 aromatic heterocycles. The van der Waals surface area contributed by atoms with Crippen molar-refractivity contribution in [3.05, 3.63) is 0 Å². The van der Waals surface area contributed by atoms with Gasteiger partial charge in [0.2, 0.25) is 0 Å². The van der Waals surface area contributed by atoms with Crippen LogP contribution in [0, 0.1) is 50.7 Å². The summed E-state index contributed by atoms with van der Waals surface area (Å²) in [7, 11) is 0. The monoisotopic (exact) mass is 530 g/mol. The number of hydrogen-bond acceptors (Lipinski definition) is 6. The molecule has 12 atom stereocenters. The molecule has 1 aliphatic heterocycles. The fourth-order valence-electron chi connectivity index (χ4n) is 12.1. The Balaban J connectivity index is 1.35. The smallest absolute Gasteiger partial charge is 0.303 e. The zero-order valence-electron chi connectivity index (χ0n) is 24.8. The molecule has 1 heterocycles. The van der Waals surface area contributed by atoms with Gasteiger partial charge in [-0.05, 0) is 105 Å². The van der Waals surface area contributed by atoms with Crippen LogP contribution in [0.15, 0.2) is 0 Å². The number of rotatable bonds is 3. The summed E-state index contributed by atoms with van der Waals surface area (Å²) in [4.78, 5) is 26.6. The normalized spacial score (nSPS) is 53.5. The summed E-state index contributed by atoms with van der Waals surface area (Å²) in [6.45, 7) is 16.1. The van der Waals surface area contributed by atoms with Gasteiger partial charge in [0.25, 0.3) is 0 Å². The van der Waals surface area contributed by atoms with E-state index >= 15 is 0 Å². The lowest BCUT2D eigenvalue weighted by Crippen LogP contribution is -2.59. The molecule has 0 bridgehead atoms. The van der Waals surface area contributed by atoms with E-state index in [9.17, 15) is 19.8 Å². The number of esters is 1. The van der Waals surface area contributed by atoms with E-state index in [1.54, 1.807) is 13.8 Å². The maximum absolute atomic E-state index is 14.7. The molecule has 6 rings (SSSR count). The average molecular weight is 531 g/mol. The molecule has 12 unspecified atom stereocenters. The highest BCUT2D eigenvalue weighted by molar-refractivity contribution is 5.93. The summed E-state index contributed by atoms with van der Waals surface area (Å²) in [5.41, 5.74) is -1.46. The topological polar surface area (TPSA) is 93.1 Å². The van der Waals surface area contributed by atoms with Crippen molar-refractivity contribution in [3.63, 3.8) is 0 Å². The van der Waals surface area contributed by atoms with E-state index in [0.717, 1.165) is 32.1 Å². The molecule has 2 spiro atoms. The fraction of sp³-hybridized carbons (Fsp3) is 0.938. The van der Waals surface area contributed by atoms with Crippen LogP contribution in [0.2, 0.25) is 0 Å². The first-order valence-corrected chi connectivity index (χ1v) is 15.2. The number of carbonyl (C=O) groups is 2. The molecular formula is C32H50O6. The first-order chi connectivity index (χ1) is 17.5. The van der Waals surface area contributed by atoms with Crippen molar-refractivity contribution in [2.75, 3.05) is 0 Å². The minimum Gasteiger partial charge on any atom is -0.457 e. The van der Waals surface area contributed by atoms with Gasteiger partial charge in [-0.15, -0.1) is 0 Å². The number of aliphatic hydroxyl groups is 2. The van der Waals surface area contributed by atoms with E-state index in [0.29, 0.717) is 18.3 Å². The minimum atomic E-state index is -1.27. The summed E-state index contributed by atoms with van der Waals surface area (Å²) in [5, 5.41) is 21.8. The Kier molecular flexibility index (Phi) is 5.62. The molecule has 6 aliphatic rings. The quantitative estimate of drug-likeness (QED) is 0.495. The first-order valence-electron chi connectivity index (χ1n) is 15.2. The van der Waals surface area contributed by atoms with Crippen molar-refractivity contribution < 1.29 is 29.3 Å². The third-order valence-corrected chi connectivity index (χ3v) is 13.9. The van der Waals surface area contributed by atoms with Crippen molar-refractivity contribution in [1.29, 1.82) is 0 Å². The highest BCUT2D eigenvalue weighted by Crippen LogP contribution is 2.88. The third-order valence-electron chi connectivity index (χ3n) is 13.9. The predicted molar refractivity (Wildman–Crippen MR) is 143 cm³/mol. The van der Waals surface area contributed by atoms with Gasteiger partial charge in [0.05, 0.1) is 17.8 Å². The number of carbonyl (C=O) groups excluding carboxylic acids is 2. The van der Waals surface area contributed by atoms with Crippen LogP contribution in [0.4, 0.5) is 0 Å². The number of hydrogen-bond donors (Lipinski definition) is 2. The molecule has 5 aliphatic carbocycles. The lowest BCUT2D eigenvalue weighted by molar-refractivity contribution is -0.209. The van der Waals surface area contributed by atoms with Gasteiger partial charge in [0.1, 0.15) is 6.10 Å². The zero-order chi connectivity index (χ0) is 27.8. The van der Waals surface area contributed by atoms with E-state index in [-0.39, 0.29) is 45.4 Å². The van der Waals surface area contributed by atoms with Crippen molar-refractivity contribution in [3.8, 4) is 0 Å². The van der Waals surface area contributed by atoms with Crippen LogP contribution in [0.3, 0.4) is 0 Å². The number of ether oxygens (including phenoxy) is 2. The molecule has 214 valence electrons. The van der Waals surface area contributed by atoms with Gasteiger partial charge in [-0.25, -0.2) is 0 Å². The lowest BCUT2D eigenvalue weighted by atomic mass is 9.41. The third kappa shape index (κ3) is 3.06. The number of aliphatic hydroxyl groups excluding tert-OH is 1. The van der Waals surface area contributed by atoms with Crippen molar-refractivity contribution in [2.45, 2.75) is 137 Å². The second-order valence-corrected chi connectivity index (χ2v) is 16.0. The van der Waals surface area contributed by atoms with Crippen LogP contribution in [0.1, 0.15) is 107 Å². The Morgan fingerprint density at radius 3 is 2.32 bits per heavy atom. The Morgan fingerprint density at radius 1 is 1.05 bits per heavy atom.